The van der Waals surface area contributed by atoms with E-state index < -0.39 is 36.9 Å². The third-order valence-electron chi connectivity index (χ3n) is 11.3. The van der Waals surface area contributed by atoms with Crippen molar-refractivity contribution in [3.8, 4) is 0 Å². The Morgan fingerprint density at radius 3 is 1.12 bits per heavy atom. The van der Waals surface area contributed by atoms with Gasteiger partial charge < -0.3 is 25.7 Å². The molecule has 1 amide bonds. The highest BCUT2D eigenvalue weighted by Gasteiger charge is 2.28. The summed E-state index contributed by atoms with van der Waals surface area (Å²) in [6.07, 6.45) is 53.3. The first-order valence-corrected chi connectivity index (χ1v) is 24.4. The van der Waals surface area contributed by atoms with Crippen LogP contribution >= 0.6 is 0 Å². The minimum Gasteiger partial charge on any atom is -0.394 e. The number of rotatable bonds is 44. The zero-order valence-electron chi connectivity index (χ0n) is 37.1. The minimum absolute atomic E-state index is 0.353. The summed E-state index contributed by atoms with van der Waals surface area (Å²) in [6.45, 7) is 4.05. The molecule has 0 aliphatic heterocycles. The van der Waals surface area contributed by atoms with Crippen molar-refractivity contribution < 1.29 is 25.2 Å². The SMILES string of the molecule is CCCCCCCCCCC/C=C/CC/C=C/CCCC(O)C(O)C(CO)NC(=O)C(O)CCCCCCCC/C=C\CCCCCCCCCCCCCC. The Labute approximate surface area is 347 Å². The maximum atomic E-state index is 12.5. The Bertz CT molecular complexity index is 889. The van der Waals surface area contributed by atoms with Crippen LogP contribution < -0.4 is 5.32 Å². The van der Waals surface area contributed by atoms with Crippen LogP contribution in [-0.4, -0.2) is 57.3 Å². The molecule has 0 bridgehead atoms. The molecule has 6 heteroatoms. The first-order valence-electron chi connectivity index (χ1n) is 24.4. The summed E-state index contributed by atoms with van der Waals surface area (Å²) in [5.74, 6) is -0.601. The van der Waals surface area contributed by atoms with Crippen molar-refractivity contribution in [3.63, 3.8) is 0 Å². The predicted molar refractivity (Wildman–Crippen MR) is 242 cm³/mol. The normalized spacial score (nSPS) is 14.3. The molecule has 4 unspecified atom stereocenters. The highest BCUT2D eigenvalue weighted by molar-refractivity contribution is 5.80. The standard InChI is InChI=1S/C50H95NO5/c1-3-5-7-9-11-13-15-17-19-21-23-24-25-26-28-30-32-34-36-38-40-42-44-48(54)50(56)51-46(45-52)49(55)47(53)43-41-39-37-35-33-31-29-27-22-20-18-16-14-12-10-8-6-4-2/h26-29,35,37,46-49,52-55H,3-25,30-34,36,38-45H2,1-2H3,(H,51,56)/b28-26-,29-27+,37-35+. The summed E-state index contributed by atoms with van der Waals surface area (Å²) in [7, 11) is 0. The molecule has 4 atom stereocenters. The number of allylic oxidation sites excluding steroid dienone is 6. The topological polar surface area (TPSA) is 110 Å². The Hall–Kier alpha value is -1.47. The second-order valence-corrected chi connectivity index (χ2v) is 16.8. The third kappa shape index (κ3) is 38.1. The monoisotopic (exact) mass is 790 g/mol. The maximum absolute atomic E-state index is 12.5. The van der Waals surface area contributed by atoms with Crippen LogP contribution in [0.25, 0.3) is 0 Å². The van der Waals surface area contributed by atoms with Gasteiger partial charge in [-0.1, -0.05) is 204 Å². The largest absolute Gasteiger partial charge is 0.394 e. The lowest BCUT2D eigenvalue weighted by Gasteiger charge is -2.27. The number of carbonyl (C=O) groups excluding carboxylic acids is 1. The molecule has 56 heavy (non-hydrogen) atoms. The van der Waals surface area contributed by atoms with Gasteiger partial charge in [-0.15, -0.1) is 0 Å². The number of unbranched alkanes of at least 4 members (excludes halogenated alkanes) is 29. The van der Waals surface area contributed by atoms with Gasteiger partial charge in [0.1, 0.15) is 12.2 Å². The van der Waals surface area contributed by atoms with Crippen LogP contribution in [-0.2, 0) is 4.79 Å². The van der Waals surface area contributed by atoms with Crippen molar-refractivity contribution in [2.45, 2.75) is 269 Å². The zero-order chi connectivity index (χ0) is 41.0. The molecule has 0 heterocycles. The number of carbonyl (C=O) groups is 1. The van der Waals surface area contributed by atoms with E-state index in [-0.39, 0.29) is 0 Å². The summed E-state index contributed by atoms with van der Waals surface area (Å²) in [4.78, 5) is 12.5. The highest BCUT2D eigenvalue weighted by atomic mass is 16.3. The first kappa shape index (κ1) is 54.5. The van der Waals surface area contributed by atoms with E-state index in [0.717, 1.165) is 51.4 Å². The number of amides is 1. The van der Waals surface area contributed by atoms with Gasteiger partial charge in [0.25, 0.3) is 0 Å². The molecule has 0 fully saturated rings. The van der Waals surface area contributed by atoms with Crippen molar-refractivity contribution in [1.29, 1.82) is 0 Å². The number of nitrogens with one attached hydrogen (secondary N) is 1. The second-order valence-electron chi connectivity index (χ2n) is 16.8. The summed E-state index contributed by atoms with van der Waals surface area (Å²) in [5, 5.41) is 43.8. The molecule has 0 aliphatic carbocycles. The van der Waals surface area contributed by atoms with Crippen LogP contribution in [0.5, 0.6) is 0 Å². The smallest absolute Gasteiger partial charge is 0.249 e. The van der Waals surface area contributed by atoms with Gasteiger partial charge in [-0.05, 0) is 77.0 Å². The lowest BCUT2D eigenvalue weighted by molar-refractivity contribution is -0.132. The number of aliphatic hydroxyl groups is 4. The molecule has 0 aliphatic rings. The van der Waals surface area contributed by atoms with E-state index in [1.807, 2.05) is 0 Å². The minimum atomic E-state index is -1.29. The third-order valence-corrected chi connectivity index (χ3v) is 11.3. The van der Waals surface area contributed by atoms with Crippen molar-refractivity contribution in [1.82, 2.24) is 5.32 Å². The van der Waals surface area contributed by atoms with E-state index in [0.29, 0.717) is 19.3 Å². The van der Waals surface area contributed by atoms with E-state index in [1.54, 1.807) is 0 Å². The Balaban J connectivity index is 3.76. The van der Waals surface area contributed by atoms with E-state index in [4.69, 9.17) is 0 Å². The van der Waals surface area contributed by atoms with E-state index in [9.17, 15) is 25.2 Å². The molecule has 0 aromatic heterocycles. The molecule has 5 N–H and O–H groups in total. The van der Waals surface area contributed by atoms with Crippen LogP contribution in [0.4, 0.5) is 0 Å². The van der Waals surface area contributed by atoms with Crippen LogP contribution in [0.2, 0.25) is 0 Å². The molecule has 0 rings (SSSR count). The molecule has 0 saturated carbocycles. The molecular formula is C50H95NO5. The lowest BCUT2D eigenvalue weighted by Crippen LogP contribution is -2.53. The average molecular weight is 790 g/mol. The van der Waals surface area contributed by atoms with Crippen LogP contribution in [0, 0.1) is 0 Å². The van der Waals surface area contributed by atoms with Gasteiger partial charge in [0.2, 0.25) is 5.91 Å². The number of hydrogen-bond acceptors (Lipinski definition) is 5. The van der Waals surface area contributed by atoms with Gasteiger partial charge >= 0.3 is 0 Å². The van der Waals surface area contributed by atoms with Crippen molar-refractivity contribution in [2.24, 2.45) is 0 Å². The lowest BCUT2D eigenvalue weighted by atomic mass is 10.00. The Morgan fingerprint density at radius 2 is 0.750 bits per heavy atom. The van der Waals surface area contributed by atoms with E-state index in [1.165, 1.54) is 161 Å². The number of hydrogen-bond donors (Lipinski definition) is 5. The van der Waals surface area contributed by atoms with Gasteiger partial charge in [-0.3, -0.25) is 4.79 Å². The molecule has 330 valence electrons. The average Bonchev–Trinajstić information content (AvgIpc) is 3.20. The van der Waals surface area contributed by atoms with Crippen molar-refractivity contribution in [2.75, 3.05) is 6.61 Å². The molecule has 0 aromatic rings. The van der Waals surface area contributed by atoms with Crippen LogP contribution in [0.15, 0.2) is 36.5 Å². The zero-order valence-corrected chi connectivity index (χ0v) is 37.1. The number of aliphatic hydroxyl groups excluding tert-OH is 4. The van der Waals surface area contributed by atoms with E-state index >= 15 is 0 Å². The quantitative estimate of drug-likeness (QED) is 0.0312. The molecule has 0 radical (unpaired) electrons. The second kappa shape index (κ2) is 44.6. The van der Waals surface area contributed by atoms with Gasteiger partial charge in [-0.25, -0.2) is 0 Å². The van der Waals surface area contributed by atoms with Gasteiger partial charge in [0, 0.05) is 0 Å². The molecule has 0 saturated heterocycles. The fourth-order valence-corrected chi connectivity index (χ4v) is 7.42. The molecular weight excluding hydrogens is 695 g/mol. The van der Waals surface area contributed by atoms with Gasteiger partial charge in [0.05, 0.1) is 18.8 Å². The van der Waals surface area contributed by atoms with Crippen LogP contribution in [0.3, 0.4) is 0 Å². The highest BCUT2D eigenvalue weighted by Crippen LogP contribution is 2.15. The van der Waals surface area contributed by atoms with Crippen molar-refractivity contribution in [3.05, 3.63) is 36.5 Å². The Kier molecular flexibility index (Phi) is 43.5. The van der Waals surface area contributed by atoms with Crippen LogP contribution in [0.1, 0.15) is 245 Å². The molecule has 0 aromatic carbocycles. The first-order chi connectivity index (χ1) is 27.5. The predicted octanol–water partition coefficient (Wildman–Crippen LogP) is 13.3. The fraction of sp³-hybridized carbons (Fsp3) is 0.860. The fourth-order valence-electron chi connectivity index (χ4n) is 7.42. The molecule has 6 nitrogen and oxygen atoms in total. The van der Waals surface area contributed by atoms with Crippen molar-refractivity contribution >= 4 is 5.91 Å². The van der Waals surface area contributed by atoms with Gasteiger partial charge in [-0.2, -0.15) is 0 Å². The summed E-state index contributed by atoms with van der Waals surface area (Å²) in [6, 6.07) is -1.01. The van der Waals surface area contributed by atoms with E-state index in [2.05, 4.69) is 55.6 Å². The maximum Gasteiger partial charge on any atom is 0.249 e. The van der Waals surface area contributed by atoms with Gasteiger partial charge in [0.15, 0.2) is 0 Å². The summed E-state index contributed by atoms with van der Waals surface area (Å²) in [5.41, 5.74) is 0. The Morgan fingerprint density at radius 1 is 0.429 bits per heavy atom. The summed E-state index contributed by atoms with van der Waals surface area (Å²) >= 11 is 0. The summed E-state index contributed by atoms with van der Waals surface area (Å²) < 4.78 is 0. The molecule has 0 spiro atoms.